The average molecular weight is 499 g/mol. The van der Waals surface area contributed by atoms with E-state index in [1.54, 1.807) is 6.20 Å². The van der Waals surface area contributed by atoms with Crippen LogP contribution in [0.2, 0.25) is 0 Å². The number of nitrogens with zero attached hydrogens (tertiary/aromatic N) is 3. The molecule has 0 aliphatic carbocycles. The van der Waals surface area contributed by atoms with Crippen molar-refractivity contribution in [1.82, 2.24) is 15.2 Å². The van der Waals surface area contributed by atoms with E-state index in [1.165, 1.54) is 0 Å². The molecule has 1 spiro atoms. The number of rotatable bonds is 5. The molecule has 2 saturated heterocycles. The second-order valence-corrected chi connectivity index (χ2v) is 10.1. The summed E-state index contributed by atoms with van der Waals surface area (Å²) in [5.74, 6) is 0.608. The van der Waals surface area contributed by atoms with Gasteiger partial charge in [-0.15, -0.1) is 0 Å². The third-order valence-corrected chi connectivity index (χ3v) is 7.46. The van der Waals surface area contributed by atoms with Crippen LogP contribution in [0.25, 0.3) is 11.1 Å². The fourth-order valence-corrected chi connectivity index (χ4v) is 5.48. The minimum atomic E-state index is -0.251. The fourth-order valence-electron chi connectivity index (χ4n) is 5.48. The van der Waals surface area contributed by atoms with Gasteiger partial charge in [0.1, 0.15) is 5.82 Å². The van der Waals surface area contributed by atoms with E-state index in [2.05, 4.69) is 20.5 Å². The van der Waals surface area contributed by atoms with Crippen molar-refractivity contribution in [2.45, 2.75) is 26.2 Å². The van der Waals surface area contributed by atoms with Crippen molar-refractivity contribution >= 4 is 29.1 Å². The molecule has 1 unspecified atom stereocenters. The smallest absolute Gasteiger partial charge is 0.317 e. The number of hydrogen-bond donors (Lipinski definition) is 3. The van der Waals surface area contributed by atoms with Crippen molar-refractivity contribution in [1.29, 1.82) is 0 Å². The lowest BCUT2D eigenvalue weighted by molar-refractivity contribution is 0.102. The molecular weight excluding hydrogens is 464 g/mol. The van der Waals surface area contributed by atoms with Gasteiger partial charge in [-0.2, -0.15) is 0 Å². The van der Waals surface area contributed by atoms with Gasteiger partial charge < -0.3 is 26.2 Å². The van der Waals surface area contributed by atoms with Gasteiger partial charge in [0.15, 0.2) is 0 Å². The molecule has 3 aromatic rings. The van der Waals surface area contributed by atoms with Gasteiger partial charge in [-0.1, -0.05) is 36.4 Å². The molecule has 0 radical (unpaired) electrons. The summed E-state index contributed by atoms with van der Waals surface area (Å²) in [6, 6.07) is 19.4. The summed E-state index contributed by atoms with van der Waals surface area (Å²) in [7, 11) is 0. The maximum Gasteiger partial charge on any atom is 0.317 e. The summed E-state index contributed by atoms with van der Waals surface area (Å²) in [6.45, 7) is 5.94. The number of aromatic nitrogens is 1. The molecule has 2 aliphatic heterocycles. The molecule has 5 rings (SSSR count). The molecule has 2 fully saturated rings. The molecule has 4 N–H and O–H groups in total. The van der Waals surface area contributed by atoms with Crippen LogP contribution in [0.5, 0.6) is 0 Å². The summed E-state index contributed by atoms with van der Waals surface area (Å²) in [6.07, 6.45) is 4.80. The summed E-state index contributed by atoms with van der Waals surface area (Å²) in [5, 5.41) is 5.86. The first-order valence-electron chi connectivity index (χ1n) is 13.0. The Labute approximate surface area is 217 Å². The number of amides is 3. The minimum absolute atomic E-state index is 0.0277. The number of nitrogen functional groups attached to an aromatic ring is 1. The quantitative estimate of drug-likeness (QED) is 0.446. The lowest BCUT2D eigenvalue weighted by atomic mass is 9.79. The Balaban J connectivity index is 1.25. The zero-order valence-electron chi connectivity index (χ0n) is 21.2. The molecule has 0 bridgehead atoms. The highest BCUT2D eigenvalue weighted by atomic mass is 16.2. The molecule has 3 amide bonds. The maximum absolute atomic E-state index is 13.0. The van der Waals surface area contributed by atoms with Crippen molar-refractivity contribution in [3.8, 4) is 11.1 Å². The van der Waals surface area contributed by atoms with Gasteiger partial charge in [-0.3, -0.25) is 4.79 Å². The largest absolute Gasteiger partial charge is 0.397 e. The predicted molar refractivity (Wildman–Crippen MR) is 148 cm³/mol. The van der Waals surface area contributed by atoms with Crippen molar-refractivity contribution < 1.29 is 9.59 Å². The van der Waals surface area contributed by atoms with Crippen molar-refractivity contribution in [3.05, 3.63) is 72.4 Å². The van der Waals surface area contributed by atoms with E-state index in [4.69, 9.17) is 5.73 Å². The number of benzene rings is 2. The standard InChI is InChI=1S/C29H34N6O2/c1-2-31-28(37)35-16-14-29(20-35)13-6-15-34(19-29)26-12-10-23(18-32-26)27(36)33-25-17-22(9-11-24(25)30)21-7-4-3-5-8-21/h3-5,7-12,17-18H,2,6,13-16,19-20,30H2,1H3,(H,31,37)(H,33,36). The number of nitrogens with one attached hydrogen (secondary N) is 2. The van der Waals surface area contributed by atoms with Gasteiger partial charge in [-0.05, 0) is 61.6 Å². The molecule has 3 heterocycles. The number of carbonyl (C=O) groups excluding carboxylic acids is 2. The molecule has 8 heteroatoms. The zero-order valence-corrected chi connectivity index (χ0v) is 21.2. The van der Waals surface area contributed by atoms with Crippen molar-refractivity contribution in [3.63, 3.8) is 0 Å². The van der Waals surface area contributed by atoms with Crippen LogP contribution in [0.3, 0.4) is 0 Å². The Hall–Kier alpha value is -4.07. The van der Waals surface area contributed by atoms with Gasteiger partial charge >= 0.3 is 6.03 Å². The first-order chi connectivity index (χ1) is 18.0. The van der Waals surface area contributed by atoms with Crippen LogP contribution >= 0.6 is 0 Å². The van der Waals surface area contributed by atoms with Gasteiger partial charge in [0.2, 0.25) is 0 Å². The van der Waals surface area contributed by atoms with E-state index in [0.717, 1.165) is 62.4 Å². The number of hydrogen-bond acceptors (Lipinski definition) is 5. The van der Waals surface area contributed by atoms with Crippen LogP contribution in [-0.2, 0) is 0 Å². The second kappa shape index (κ2) is 10.5. The molecule has 37 heavy (non-hydrogen) atoms. The summed E-state index contributed by atoms with van der Waals surface area (Å²) in [4.78, 5) is 34.2. The van der Waals surface area contributed by atoms with Crippen LogP contribution in [0.15, 0.2) is 66.9 Å². The van der Waals surface area contributed by atoms with Gasteiger partial charge in [0, 0.05) is 44.3 Å². The van der Waals surface area contributed by atoms with Crippen LogP contribution in [0.4, 0.5) is 22.0 Å². The summed E-state index contributed by atoms with van der Waals surface area (Å²) < 4.78 is 0. The topological polar surface area (TPSA) is 104 Å². The van der Waals surface area contributed by atoms with E-state index in [9.17, 15) is 9.59 Å². The van der Waals surface area contributed by atoms with Crippen LogP contribution in [-0.4, -0.2) is 54.5 Å². The molecule has 2 aliphatic rings. The SMILES string of the molecule is CCNC(=O)N1CCC2(CCCN(c3ccc(C(=O)Nc4cc(-c5ccccc5)ccc4N)cn3)C2)C1. The first-order valence-corrected chi connectivity index (χ1v) is 13.0. The third kappa shape index (κ3) is 5.38. The monoisotopic (exact) mass is 498 g/mol. The Morgan fingerprint density at radius 1 is 1.00 bits per heavy atom. The molecule has 2 aromatic carbocycles. The predicted octanol–water partition coefficient (Wildman–Crippen LogP) is 4.60. The summed E-state index contributed by atoms with van der Waals surface area (Å²) in [5.41, 5.74) is 9.85. The number of nitrogens with two attached hydrogens (primary N) is 1. The van der Waals surface area contributed by atoms with E-state index >= 15 is 0 Å². The zero-order chi connectivity index (χ0) is 25.8. The van der Waals surface area contributed by atoms with Crippen LogP contribution < -0.4 is 21.3 Å². The Morgan fingerprint density at radius 3 is 2.59 bits per heavy atom. The summed E-state index contributed by atoms with van der Waals surface area (Å²) >= 11 is 0. The number of urea groups is 1. The van der Waals surface area contributed by atoms with Crippen molar-refractivity contribution in [2.75, 3.05) is 48.7 Å². The Bertz CT molecular complexity index is 1260. The molecule has 8 nitrogen and oxygen atoms in total. The van der Waals surface area contributed by atoms with E-state index in [1.807, 2.05) is 72.5 Å². The normalized spacial score (nSPS) is 19.2. The lowest BCUT2D eigenvalue weighted by Gasteiger charge is -2.41. The van der Waals surface area contributed by atoms with Gasteiger partial charge in [0.25, 0.3) is 5.91 Å². The van der Waals surface area contributed by atoms with E-state index in [0.29, 0.717) is 23.5 Å². The average Bonchev–Trinajstić information content (AvgIpc) is 3.33. The van der Waals surface area contributed by atoms with Gasteiger partial charge in [0.05, 0.1) is 16.9 Å². The van der Waals surface area contributed by atoms with Gasteiger partial charge in [-0.25, -0.2) is 9.78 Å². The first kappa shape index (κ1) is 24.6. The highest BCUT2D eigenvalue weighted by Crippen LogP contribution is 2.40. The minimum Gasteiger partial charge on any atom is -0.397 e. The molecule has 1 aromatic heterocycles. The molecule has 192 valence electrons. The number of carbonyl (C=O) groups is 2. The third-order valence-electron chi connectivity index (χ3n) is 7.46. The molecular formula is C29H34N6O2. The number of anilines is 3. The van der Waals surface area contributed by atoms with Crippen LogP contribution in [0.1, 0.15) is 36.5 Å². The Morgan fingerprint density at radius 2 is 1.84 bits per heavy atom. The van der Waals surface area contributed by atoms with Crippen LogP contribution in [0, 0.1) is 5.41 Å². The Kier molecular flexibility index (Phi) is 6.99. The van der Waals surface area contributed by atoms with E-state index < -0.39 is 0 Å². The molecule has 0 saturated carbocycles. The van der Waals surface area contributed by atoms with E-state index in [-0.39, 0.29) is 17.4 Å². The maximum atomic E-state index is 13.0. The number of pyridine rings is 1. The number of piperidine rings is 1. The highest BCUT2D eigenvalue weighted by molar-refractivity contribution is 6.06. The van der Waals surface area contributed by atoms with Crippen molar-refractivity contribution in [2.24, 2.45) is 5.41 Å². The second-order valence-electron chi connectivity index (χ2n) is 10.1. The number of likely N-dealkylation sites (tertiary alicyclic amines) is 1. The fraction of sp³-hybridized carbons (Fsp3) is 0.345. The lowest BCUT2D eigenvalue weighted by Crippen LogP contribution is -2.47. The highest BCUT2D eigenvalue weighted by Gasteiger charge is 2.43. The molecule has 1 atom stereocenters.